The number of carbonyl (C=O) groups is 1. The molecule has 0 fully saturated rings. The van der Waals surface area contributed by atoms with E-state index in [4.69, 9.17) is 16.3 Å². The molecular formula is C18H13ClN2O3. The van der Waals surface area contributed by atoms with Crippen LogP contribution in [0.15, 0.2) is 36.4 Å². The SMILES string of the molecule is COc1cc2[nH]c(Cl)c(/C=C3/C(=O)Nc4ccccc43)c2cc1O. The quantitative estimate of drug-likeness (QED) is 0.617. The van der Waals surface area contributed by atoms with Gasteiger partial charge in [0, 0.05) is 33.8 Å². The number of aromatic amines is 1. The molecule has 1 aliphatic heterocycles. The van der Waals surface area contributed by atoms with Crippen molar-refractivity contribution in [1.82, 2.24) is 4.98 Å². The molecule has 1 aromatic heterocycles. The molecule has 6 heteroatoms. The molecule has 2 aromatic carbocycles. The number of nitrogens with one attached hydrogen (secondary N) is 2. The lowest BCUT2D eigenvalue weighted by Gasteiger charge is -2.03. The summed E-state index contributed by atoms with van der Waals surface area (Å²) in [6, 6.07) is 10.7. The number of amides is 1. The first-order valence-corrected chi connectivity index (χ1v) is 7.67. The number of benzene rings is 2. The summed E-state index contributed by atoms with van der Waals surface area (Å²) < 4.78 is 5.11. The van der Waals surface area contributed by atoms with E-state index in [1.54, 1.807) is 18.2 Å². The summed E-state index contributed by atoms with van der Waals surface area (Å²) in [4.78, 5) is 15.3. The highest BCUT2D eigenvalue weighted by atomic mass is 35.5. The van der Waals surface area contributed by atoms with Gasteiger partial charge in [0.25, 0.3) is 5.91 Å². The fourth-order valence-electron chi connectivity index (χ4n) is 2.93. The Balaban J connectivity index is 1.93. The molecule has 5 nitrogen and oxygen atoms in total. The van der Waals surface area contributed by atoms with Crippen LogP contribution in [0.3, 0.4) is 0 Å². The maximum absolute atomic E-state index is 12.3. The molecule has 24 heavy (non-hydrogen) atoms. The Labute approximate surface area is 142 Å². The third-order valence-electron chi connectivity index (χ3n) is 4.09. The summed E-state index contributed by atoms with van der Waals surface area (Å²) in [5, 5.41) is 14.0. The van der Waals surface area contributed by atoms with E-state index in [2.05, 4.69) is 10.3 Å². The van der Waals surface area contributed by atoms with Crippen molar-refractivity contribution in [2.75, 3.05) is 12.4 Å². The van der Waals surface area contributed by atoms with Crippen molar-refractivity contribution in [2.45, 2.75) is 0 Å². The molecule has 0 bridgehead atoms. The van der Waals surface area contributed by atoms with E-state index in [1.807, 2.05) is 24.3 Å². The van der Waals surface area contributed by atoms with Gasteiger partial charge in [-0.1, -0.05) is 29.8 Å². The number of methoxy groups -OCH3 is 1. The van der Waals surface area contributed by atoms with E-state index in [0.29, 0.717) is 32.9 Å². The number of rotatable bonds is 2. The lowest BCUT2D eigenvalue weighted by atomic mass is 10.0. The number of hydrogen-bond donors (Lipinski definition) is 3. The molecule has 120 valence electrons. The number of hydrogen-bond acceptors (Lipinski definition) is 3. The smallest absolute Gasteiger partial charge is 0.256 e. The van der Waals surface area contributed by atoms with Crippen molar-refractivity contribution in [3.63, 3.8) is 0 Å². The highest BCUT2D eigenvalue weighted by Gasteiger charge is 2.24. The zero-order valence-electron chi connectivity index (χ0n) is 12.7. The zero-order valence-corrected chi connectivity index (χ0v) is 13.4. The number of anilines is 1. The fourth-order valence-corrected chi connectivity index (χ4v) is 3.19. The van der Waals surface area contributed by atoms with Crippen LogP contribution in [0, 0.1) is 0 Å². The number of fused-ring (bicyclic) bond motifs is 2. The summed E-state index contributed by atoms with van der Waals surface area (Å²) in [5.74, 6) is 0.180. The van der Waals surface area contributed by atoms with Crippen molar-refractivity contribution in [2.24, 2.45) is 0 Å². The largest absolute Gasteiger partial charge is 0.504 e. The number of para-hydroxylation sites is 1. The fraction of sp³-hybridized carbons (Fsp3) is 0.0556. The van der Waals surface area contributed by atoms with Crippen molar-refractivity contribution in [3.05, 3.63) is 52.7 Å². The molecule has 0 aliphatic carbocycles. The van der Waals surface area contributed by atoms with Crippen LogP contribution in [0.5, 0.6) is 11.5 Å². The first kappa shape index (κ1) is 14.7. The molecule has 2 heterocycles. The lowest BCUT2D eigenvalue weighted by Crippen LogP contribution is -2.03. The molecule has 1 amide bonds. The average molecular weight is 341 g/mol. The average Bonchev–Trinajstić information content (AvgIpc) is 3.04. The number of carbonyl (C=O) groups excluding carboxylic acids is 1. The van der Waals surface area contributed by atoms with Gasteiger partial charge in [-0.05, 0) is 18.2 Å². The molecule has 0 saturated carbocycles. The molecule has 0 unspecified atom stereocenters. The van der Waals surface area contributed by atoms with Gasteiger partial charge >= 0.3 is 0 Å². The Morgan fingerprint density at radius 2 is 2.04 bits per heavy atom. The Morgan fingerprint density at radius 3 is 2.83 bits per heavy atom. The topological polar surface area (TPSA) is 74.4 Å². The van der Waals surface area contributed by atoms with Gasteiger partial charge < -0.3 is 20.1 Å². The van der Waals surface area contributed by atoms with Gasteiger partial charge in [-0.15, -0.1) is 0 Å². The van der Waals surface area contributed by atoms with E-state index in [0.717, 1.165) is 11.3 Å². The van der Waals surface area contributed by atoms with Crippen molar-refractivity contribution < 1.29 is 14.6 Å². The van der Waals surface area contributed by atoms with Crippen molar-refractivity contribution in [3.8, 4) is 11.5 Å². The molecule has 1 aliphatic rings. The highest BCUT2D eigenvalue weighted by molar-refractivity contribution is 6.38. The Kier molecular flexibility index (Phi) is 3.25. The van der Waals surface area contributed by atoms with Gasteiger partial charge in [-0.25, -0.2) is 0 Å². The number of aromatic nitrogens is 1. The second-order valence-corrected chi connectivity index (χ2v) is 5.86. The van der Waals surface area contributed by atoms with Crippen LogP contribution in [-0.4, -0.2) is 23.1 Å². The number of phenolic OH excluding ortho intramolecular Hbond substituents is 1. The molecule has 0 radical (unpaired) electrons. The summed E-state index contributed by atoms with van der Waals surface area (Å²) in [6.07, 6.45) is 1.73. The highest BCUT2D eigenvalue weighted by Crippen LogP contribution is 2.39. The molecular weight excluding hydrogens is 328 g/mol. The summed E-state index contributed by atoms with van der Waals surface area (Å²) in [6.45, 7) is 0. The number of halogens is 1. The van der Waals surface area contributed by atoms with E-state index in [1.165, 1.54) is 7.11 Å². The second kappa shape index (κ2) is 5.32. The Morgan fingerprint density at radius 1 is 1.25 bits per heavy atom. The van der Waals surface area contributed by atoms with E-state index >= 15 is 0 Å². The van der Waals surface area contributed by atoms with Crippen molar-refractivity contribution >= 4 is 45.7 Å². The lowest BCUT2D eigenvalue weighted by molar-refractivity contribution is -0.110. The minimum absolute atomic E-state index is 0.0107. The maximum Gasteiger partial charge on any atom is 0.256 e. The van der Waals surface area contributed by atoms with E-state index in [-0.39, 0.29) is 11.7 Å². The Bertz CT molecular complexity index is 1020. The first-order chi connectivity index (χ1) is 11.6. The van der Waals surface area contributed by atoms with E-state index < -0.39 is 0 Å². The van der Waals surface area contributed by atoms with Crippen molar-refractivity contribution in [1.29, 1.82) is 0 Å². The van der Waals surface area contributed by atoms with Gasteiger partial charge in [0.2, 0.25) is 0 Å². The standard InChI is InChI=1S/C18H13ClN2O3/c1-24-16-8-14-10(7-15(16)22)11(17(19)20-14)6-12-9-4-2-3-5-13(9)21-18(12)23/h2-8,20,22H,1H3,(H,21,23)/b12-6+. The number of phenols is 1. The van der Waals surface area contributed by atoms with Crippen LogP contribution < -0.4 is 10.1 Å². The second-order valence-electron chi connectivity index (χ2n) is 5.48. The molecule has 3 aromatic rings. The zero-order chi connectivity index (χ0) is 16.8. The molecule has 0 atom stereocenters. The minimum atomic E-state index is -0.181. The van der Waals surface area contributed by atoms with Crippen LogP contribution in [0.1, 0.15) is 11.1 Å². The normalized spacial score (nSPS) is 14.9. The van der Waals surface area contributed by atoms with Gasteiger partial charge in [0.05, 0.1) is 12.6 Å². The van der Waals surface area contributed by atoms with E-state index in [9.17, 15) is 9.90 Å². The summed E-state index contributed by atoms with van der Waals surface area (Å²) in [5.41, 5.74) is 3.49. The molecule has 0 spiro atoms. The third kappa shape index (κ3) is 2.13. The van der Waals surface area contributed by atoms with Gasteiger partial charge in [0.15, 0.2) is 11.5 Å². The van der Waals surface area contributed by atoms with Crippen LogP contribution in [0.25, 0.3) is 22.6 Å². The van der Waals surface area contributed by atoms with Crippen LogP contribution in [0.2, 0.25) is 5.15 Å². The van der Waals surface area contributed by atoms with Gasteiger partial charge in [-0.2, -0.15) is 0 Å². The predicted molar refractivity (Wildman–Crippen MR) is 94.5 cm³/mol. The summed E-state index contributed by atoms with van der Waals surface area (Å²) >= 11 is 6.31. The molecule has 0 saturated heterocycles. The molecule has 4 rings (SSSR count). The molecule has 3 N–H and O–H groups in total. The maximum atomic E-state index is 12.3. The van der Waals surface area contributed by atoms with Gasteiger partial charge in [-0.3, -0.25) is 4.79 Å². The number of H-pyrrole nitrogens is 1. The minimum Gasteiger partial charge on any atom is -0.504 e. The first-order valence-electron chi connectivity index (χ1n) is 7.29. The monoisotopic (exact) mass is 340 g/mol. The summed E-state index contributed by atoms with van der Waals surface area (Å²) in [7, 11) is 1.48. The van der Waals surface area contributed by atoms with Crippen LogP contribution >= 0.6 is 11.6 Å². The van der Waals surface area contributed by atoms with Crippen LogP contribution in [0.4, 0.5) is 5.69 Å². The third-order valence-corrected chi connectivity index (χ3v) is 4.39. The predicted octanol–water partition coefficient (Wildman–Crippen LogP) is 4.03. The van der Waals surface area contributed by atoms with Crippen LogP contribution in [-0.2, 0) is 4.79 Å². The van der Waals surface area contributed by atoms with Gasteiger partial charge in [0.1, 0.15) is 5.15 Å². The number of aromatic hydroxyl groups is 1. The Hall–Kier alpha value is -2.92. The number of ether oxygens (including phenoxy) is 1.